The minimum absolute atomic E-state index is 0.237. The number of benzene rings is 2. The molecule has 0 N–H and O–H groups in total. The molecule has 2 aromatic carbocycles. The maximum absolute atomic E-state index is 2.54. The highest BCUT2D eigenvalue weighted by molar-refractivity contribution is 6.03. The Balaban J connectivity index is 1.73. The molecular weight excluding hydrogens is 312 g/mol. The summed E-state index contributed by atoms with van der Waals surface area (Å²) in [6.45, 7) is 9.62. The van der Waals surface area contributed by atoms with E-state index in [0.717, 1.165) is 6.42 Å². The van der Waals surface area contributed by atoms with Crippen molar-refractivity contribution in [3.05, 3.63) is 81.2 Å². The zero-order chi connectivity index (χ0) is 18.1. The Morgan fingerprint density at radius 3 is 2.38 bits per heavy atom. The Hall–Kier alpha value is -2.34. The lowest BCUT2D eigenvalue weighted by Gasteiger charge is -2.40. The van der Waals surface area contributed by atoms with E-state index in [0.29, 0.717) is 0 Å². The molecule has 0 aliphatic heterocycles. The van der Waals surface area contributed by atoms with E-state index in [9.17, 15) is 0 Å². The van der Waals surface area contributed by atoms with Gasteiger partial charge in [-0.1, -0.05) is 76.2 Å². The van der Waals surface area contributed by atoms with Gasteiger partial charge in [0, 0.05) is 0 Å². The molecule has 3 aliphatic rings. The van der Waals surface area contributed by atoms with Gasteiger partial charge < -0.3 is 0 Å². The van der Waals surface area contributed by atoms with Gasteiger partial charge in [0.25, 0.3) is 0 Å². The van der Waals surface area contributed by atoms with E-state index in [4.69, 9.17) is 0 Å². The lowest BCUT2D eigenvalue weighted by atomic mass is 9.64. The van der Waals surface area contributed by atoms with Crippen LogP contribution in [0.4, 0.5) is 0 Å². The summed E-state index contributed by atoms with van der Waals surface area (Å²) in [5, 5.41) is 2.87. The second kappa shape index (κ2) is 5.10. The fourth-order valence-corrected chi connectivity index (χ4v) is 5.69. The van der Waals surface area contributed by atoms with E-state index in [1.807, 2.05) is 0 Å². The average Bonchev–Trinajstić information content (AvgIpc) is 3.14. The molecule has 0 amide bonds. The number of allylic oxidation sites excluding steroid dienone is 3. The van der Waals surface area contributed by atoms with Crippen LogP contribution in [0.1, 0.15) is 50.8 Å². The van der Waals surface area contributed by atoms with Crippen LogP contribution in [0, 0.1) is 10.8 Å². The quantitative estimate of drug-likeness (QED) is 0.678. The van der Waals surface area contributed by atoms with Crippen molar-refractivity contribution in [3.63, 3.8) is 0 Å². The van der Waals surface area contributed by atoms with Crippen LogP contribution in [-0.4, -0.2) is 0 Å². The second-order valence-electron chi connectivity index (χ2n) is 9.48. The summed E-state index contributed by atoms with van der Waals surface area (Å²) in [5.41, 5.74) is 9.30. The first-order chi connectivity index (χ1) is 12.3. The van der Waals surface area contributed by atoms with Crippen molar-refractivity contribution in [3.8, 4) is 0 Å². The molecule has 0 heteroatoms. The van der Waals surface area contributed by atoms with E-state index in [2.05, 4.69) is 88.4 Å². The summed E-state index contributed by atoms with van der Waals surface area (Å²) < 4.78 is 0. The zero-order valence-corrected chi connectivity index (χ0v) is 16.2. The van der Waals surface area contributed by atoms with Crippen molar-refractivity contribution in [2.75, 3.05) is 0 Å². The topological polar surface area (TPSA) is 0 Å². The largest absolute Gasteiger partial charge is 0.0750 e. The Kier molecular flexibility index (Phi) is 3.11. The molecule has 0 atom stereocenters. The number of fused-ring (bicyclic) bond motifs is 4. The Labute approximate surface area is 156 Å². The maximum atomic E-state index is 2.54. The molecule has 3 aliphatic carbocycles. The van der Waals surface area contributed by atoms with Gasteiger partial charge >= 0.3 is 0 Å². The van der Waals surface area contributed by atoms with E-state index in [1.54, 1.807) is 11.1 Å². The molecule has 130 valence electrons. The predicted octanol–water partition coefficient (Wildman–Crippen LogP) is 5.11. The van der Waals surface area contributed by atoms with E-state index in [-0.39, 0.29) is 10.8 Å². The zero-order valence-electron chi connectivity index (χ0n) is 16.2. The molecular formula is C26H26. The lowest BCUT2D eigenvalue weighted by molar-refractivity contribution is 0.292. The second-order valence-corrected chi connectivity index (χ2v) is 9.48. The first-order valence-corrected chi connectivity index (χ1v) is 9.72. The van der Waals surface area contributed by atoms with Gasteiger partial charge in [0.05, 0.1) is 0 Å². The monoisotopic (exact) mass is 338 g/mol. The molecule has 5 rings (SSSR count). The minimum atomic E-state index is 0.237. The normalized spacial score (nSPS) is 21.3. The van der Waals surface area contributed by atoms with Crippen molar-refractivity contribution in [2.45, 2.75) is 40.5 Å². The van der Waals surface area contributed by atoms with Gasteiger partial charge in [-0.15, -0.1) is 0 Å². The first kappa shape index (κ1) is 15.9. The molecule has 0 heterocycles. The molecule has 2 aromatic rings. The molecule has 0 fully saturated rings. The van der Waals surface area contributed by atoms with Gasteiger partial charge in [0.1, 0.15) is 0 Å². The highest BCUT2D eigenvalue weighted by Gasteiger charge is 2.40. The van der Waals surface area contributed by atoms with Crippen LogP contribution in [-0.2, 0) is 6.42 Å². The van der Waals surface area contributed by atoms with Crippen LogP contribution in [0.5, 0.6) is 0 Å². The Bertz CT molecular complexity index is 1100. The lowest BCUT2D eigenvalue weighted by Crippen LogP contribution is -2.30. The number of rotatable bonds is 1. The van der Waals surface area contributed by atoms with Crippen LogP contribution in [0.25, 0.3) is 23.3 Å². The van der Waals surface area contributed by atoms with Crippen molar-refractivity contribution >= 4 is 23.3 Å². The summed E-state index contributed by atoms with van der Waals surface area (Å²) in [6.07, 6.45) is 9.60. The van der Waals surface area contributed by atoms with Gasteiger partial charge in [0.2, 0.25) is 0 Å². The van der Waals surface area contributed by atoms with Crippen LogP contribution < -0.4 is 10.4 Å². The van der Waals surface area contributed by atoms with Crippen LogP contribution in [0.15, 0.2) is 54.1 Å². The van der Waals surface area contributed by atoms with Crippen molar-refractivity contribution in [1.82, 2.24) is 0 Å². The molecule has 0 saturated carbocycles. The summed E-state index contributed by atoms with van der Waals surface area (Å²) >= 11 is 0. The van der Waals surface area contributed by atoms with Gasteiger partial charge in [0.15, 0.2) is 0 Å². The van der Waals surface area contributed by atoms with Crippen molar-refractivity contribution in [1.29, 1.82) is 0 Å². The summed E-state index contributed by atoms with van der Waals surface area (Å²) in [7, 11) is 0. The molecule has 26 heavy (non-hydrogen) atoms. The summed E-state index contributed by atoms with van der Waals surface area (Å²) in [6, 6.07) is 15.4. The van der Waals surface area contributed by atoms with E-state index in [1.165, 1.54) is 39.1 Å². The van der Waals surface area contributed by atoms with Crippen molar-refractivity contribution in [2.24, 2.45) is 10.8 Å². The van der Waals surface area contributed by atoms with E-state index < -0.39 is 0 Å². The Morgan fingerprint density at radius 1 is 0.846 bits per heavy atom. The molecule has 0 saturated heterocycles. The third-order valence-electron chi connectivity index (χ3n) is 6.21. The molecule has 0 spiro atoms. The highest BCUT2D eigenvalue weighted by atomic mass is 14.4. The van der Waals surface area contributed by atoms with Crippen molar-refractivity contribution < 1.29 is 0 Å². The van der Waals surface area contributed by atoms with Gasteiger partial charge in [-0.05, 0) is 79.7 Å². The molecule has 0 unspecified atom stereocenters. The highest BCUT2D eigenvalue weighted by Crippen LogP contribution is 2.51. The Morgan fingerprint density at radius 2 is 1.62 bits per heavy atom. The third kappa shape index (κ3) is 2.28. The van der Waals surface area contributed by atoms with Gasteiger partial charge in [-0.2, -0.15) is 0 Å². The minimum Gasteiger partial charge on any atom is -0.0750 e. The third-order valence-corrected chi connectivity index (χ3v) is 6.21. The first-order valence-electron chi connectivity index (χ1n) is 9.72. The molecule has 0 aromatic heterocycles. The van der Waals surface area contributed by atoms with Gasteiger partial charge in [-0.3, -0.25) is 0 Å². The fraction of sp³-hybridized carbons (Fsp3) is 0.308. The van der Waals surface area contributed by atoms with Crippen LogP contribution in [0.2, 0.25) is 0 Å². The summed E-state index contributed by atoms with van der Waals surface area (Å²) in [4.78, 5) is 0. The smallest absolute Gasteiger partial charge is 0.00133 e. The van der Waals surface area contributed by atoms with Crippen LogP contribution in [0.3, 0.4) is 0 Å². The standard InChI is InChI=1S/C26H26/c1-25(2)15-20-14-23-21(24(20)26(3,4)16-25)11-10-18-12-19(13-22(18)23)17-8-6-5-7-9-17/h5-13,15H,14,16H2,1-4H3. The molecule has 0 radical (unpaired) electrons. The number of hydrogen-bond donors (Lipinski definition) is 0. The fourth-order valence-electron chi connectivity index (χ4n) is 5.69. The molecule has 0 bridgehead atoms. The SMILES string of the molecule is CC1(C)C=C2Cc3c4c(ccc3=C2C(C)(C)C1)=CC(c1ccccc1)=C4. The van der Waals surface area contributed by atoms with Crippen LogP contribution >= 0.6 is 0 Å². The van der Waals surface area contributed by atoms with Gasteiger partial charge in [-0.25, -0.2) is 0 Å². The predicted molar refractivity (Wildman–Crippen MR) is 112 cm³/mol. The van der Waals surface area contributed by atoms with E-state index >= 15 is 0 Å². The number of hydrogen-bond acceptors (Lipinski definition) is 0. The maximum Gasteiger partial charge on any atom is -0.00133 e. The average molecular weight is 338 g/mol. The molecule has 0 nitrogen and oxygen atoms in total. The summed E-state index contributed by atoms with van der Waals surface area (Å²) in [5.74, 6) is 0.